The summed E-state index contributed by atoms with van der Waals surface area (Å²) < 4.78 is 57.9. The van der Waals surface area contributed by atoms with Crippen molar-refractivity contribution in [3.8, 4) is 0 Å². The minimum Gasteiger partial charge on any atom is -0.264 e. The largest absolute Gasteiger partial charge is 0.267 e. The third-order valence-corrected chi connectivity index (χ3v) is 6.20. The molecule has 6 nitrogen and oxygen atoms in total. The average molecular weight is 373 g/mol. The molecule has 0 aliphatic rings. The van der Waals surface area contributed by atoms with Crippen LogP contribution in [0.4, 0.5) is 0 Å². The lowest BCUT2D eigenvalue weighted by molar-refractivity contribution is 0.0720. The molecule has 0 fully saturated rings. The monoisotopic (exact) mass is 372 g/mol. The van der Waals surface area contributed by atoms with Crippen molar-refractivity contribution in [2.75, 3.05) is 11.5 Å². The second-order valence-electron chi connectivity index (χ2n) is 5.78. The van der Waals surface area contributed by atoms with Gasteiger partial charge in [-0.25, -0.2) is 0 Å². The zero-order chi connectivity index (χ0) is 17.9. The van der Waals surface area contributed by atoms with E-state index in [1.807, 2.05) is 13.8 Å². The summed E-state index contributed by atoms with van der Waals surface area (Å²) in [5.41, 5.74) is 0. The van der Waals surface area contributed by atoms with E-state index in [0.717, 1.165) is 25.7 Å². The van der Waals surface area contributed by atoms with Gasteiger partial charge < -0.3 is 0 Å². The van der Waals surface area contributed by atoms with Gasteiger partial charge in [-0.3, -0.25) is 8.37 Å². The fourth-order valence-electron chi connectivity index (χ4n) is 2.11. The molecule has 0 N–H and O–H groups in total. The van der Waals surface area contributed by atoms with E-state index in [2.05, 4.69) is 0 Å². The normalized spacial score (nSPS) is 15.5. The highest BCUT2D eigenvalue weighted by Crippen LogP contribution is 2.16. The number of unbranched alkanes of at least 4 members (excludes halogenated alkanes) is 4. The Morgan fingerprint density at radius 3 is 1.57 bits per heavy atom. The zero-order valence-electron chi connectivity index (χ0n) is 14.8. The second kappa shape index (κ2) is 11.4. The molecule has 0 radical (unpaired) electrons. The fraction of sp³-hybridized carbons (Fsp3) is 1.00. The van der Waals surface area contributed by atoms with Crippen LogP contribution in [-0.2, 0) is 28.6 Å². The molecular weight excluding hydrogens is 340 g/mol. The lowest BCUT2D eigenvalue weighted by atomic mass is 10.2. The lowest BCUT2D eigenvalue weighted by Gasteiger charge is -2.22. The topological polar surface area (TPSA) is 86.7 Å². The Bertz CT molecular complexity index is 498. The first-order chi connectivity index (χ1) is 10.7. The number of rotatable bonds is 14. The molecule has 0 aromatic rings. The van der Waals surface area contributed by atoms with Crippen molar-refractivity contribution < 1.29 is 25.2 Å². The fourth-order valence-corrected chi connectivity index (χ4v) is 4.68. The summed E-state index contributed by atoms with van der Waals surface area (Å²) in [5, 5.41) is 0. The first-order valence-electron chi connectivity index (χ1n) is 8.49. The summed E-state index contributed by atoms with van der Waals surface area (Å²) >= 11 is 0. The van der Waals surface area contributed by atoms with Gasteiger partial charge in [0.25, 0.3) is 20.2 Å². The summed E-state index contributed by atoms with van der Waals surface area (Å²) in [6, 6.07) is 0. The van der Waals surface area contributed by atoms with E-state index in [9.17, 15) is 16.8 Å². The summed E-state index contributed by atoms with van der Waals surface area (Å²) in [4.78, 5) is 0. The van der Waals surface area contributed by atoms with E-state index in [1.165, 1.54) is 6.92 Å². The average Bonchev–Trinajstić information content (AvgIpc) is 2.44. The van der Waals surface area contributed by atoms with Crippen molar-refractivity contribution >= 4 is 20.2 Å². The maximum Gasteiger partial charge on any atom is 0.267 e. The van der Waals surface area contributed by atoms with Crippen LogP contribution in [0.2, 0.25) is 0 Å². The van der Waals surface area contributed by atoms with Crippen LogP contribution in [0.15, 0.2) is 0 Å². The van der Waals surface area contributed by atoms with Gasteiger partial charge in [-0.2, -0.15) is 16.8 Å². The molecular formula is C15H32O6S2. The molecule has 0 amide bonds. The molecule has 8 heteroatoms. The van der Waals surface area contributed by atoms with Crippen LogP contribution in [0.3, 0.4) is 0 Å². The third-order valence-electron chi connectivity index (χ3n) is 3.49. The van der Waals surface area contributed by atoms with E-state index >= 15 is 0 Å². The maximum atomic E-state index is 11.9. The molecule has 23 heavy (non-hydrogen) atoms. The van der Waals surface area contributed by atoms with E-state index in [0.29, 0.717) is 19.3 Å². The molecule has 0 aliphatic heterocycles. The molecule has 0 aliphatic carbocycles. The van der Waals surface area contributed by atoms with Crippen LogP contribution in [0.5, 0.6) is 0 Å². The Hall–Kier alpha value is -0.180. The summed E-state index contributed by atoms with van der Waals surface area (Å²) in [6.07, 6.45) is 3.30. The van der Waals surface area contributed by atoms with Crippen LogP contribution in [-0.4, -0.2) is 40.5 Å². The van der Waals surface area contributed by atoms with Gasteiger partial charge in [0.2, 0.25) is 0 Å². The molecule has 0 aromatic heterocycles. The van der Waals surface area contributed by atoms with E-state index in [1.54, 1.807) is 6.92 Å². The molecule has 2 unspecified atom stereocenters. The molecule has 0 saturated carbocycles. The highest BCUT2D eigenvalue weighted by atomic mass is 32.2. The van der Waals surface area contributed by atoms with Gasteiger partial charge in [0.05, 0.1) is 11.5 Å². The van der Waals surface area contributed by atoms with Crippen molar-refractivity contribution in [3.05, 3.63) is 0 Å². The molecule has 0 heterocycles. The number of hydrogen-bond donors (Lipinski definition) is 0. The van der Waals surface area contributed by atoms with Crippen LogP contribution in [0.25, 0.3) is 0 Å². The Kier molecular flexibility index (Phi) is 11.3. The van der Waals surface area contributed by atoms with Crippen molar-refractivity contribution in [2.45, 2.75) is 84.8 Å². The molecule has 0 bridgehead atoms. The molecule has 0 saturated heterocycles. The van der Waals surface area contributed by atoms with Crippen LogP contribution in [0.1, 0.15) is 72.6 Å². The number of hydrogen-bond acceptors (Lipinski definition) is 6. The zero-order valence-corrected chi connectivity index (χ0v) is 16.4. The van der Waals surface area contributed by atoms with E-state index in [-0.39, 0.29) is 11.5 Å². The van der Waals surface area contributed by atoms with Gasteiger partial charge in [-0.15, -0.1) is 0 Å². The van der Waals surface area contributed by atoms with Crippen molar-refractivity contribution in [1.82, 2.24) is 0 Å². The van der Waals surface area contributed by atoms with Crippen molar-refractivity contribution in [3.63, 3.8) is 0 Å². The van der Waals surface area contributed by atoms with Gasteiger partial charge in [0.1, 0.15) is 12.2 Å². The molecule has 2 atom stereocenters. The molecule has 0 spiro atoms. The van der Waals surface area contributed by atoms with Gasteiger partial charge in [0, 0.05) is 0 Å². The molecule has 140 valence electrons. The van der Waals surface area contributed by atoms with Crippen LogP contribution >= 0.6 is 0 Å². The van der Waals surface area contributed by atoms with E-state index in [4.69, 9.17) is 8.37 Å². The predicted molar refractivity (Wildman–Crippen MR) is 92.3 cm³/mol. The quantitative estimate of drug-likeness (QED) is 0.344. The van der Waals surface area contributed by atoms with Crippen molar-refractivity contribution in [1.29, 1.82) is 0 Å². The highest BCUT2D eigenvalue weighted by Gasteiger charge is 2.27. The first-order valence-corrected chi connectivity index (χ1v) is 11.6. The lowest BCUT2D eigenvalue weighted by Crippen LogP contribution is -2.34. The Morgan fingerprint density at radius 1 is 0.739 bits per heavy atom. The molecule has 0 rings (SSSR count). The highest BCUT2D eigenvalue weighted by molar-refractivity contribution is 7.87. The Labute approximate surface area is 142 Å². The Balaban J connectivity index is 4.59. The van der Waals surface area contributed by atoms with E-state index < -0.39 is 32.4 Å². The second-order valence-corrected chi connectivity index (χ2v) is 9.21. The smallest absolute Gasteiger partial charge is 0.264 e. The van der Waals surface area contributed by atoms with Crippen molar-refractivity contribution in [2.24, 2.45) is 0 Å². The van der Waals surface area contributed by atoms with Gasteiger partial charge in [0.15, 0.2) is 0 Å². The Morgan fingerprint density at radius 2 is 1.17 bits per heavy atom. The SMILES string of the molecule is CCCCCS(=O)(=O)OC(C)C(CC)OS(=O)(=O)CCCCC. The maximum absolute atomic E-state index is 11.9. The predicted octanol–water partition coefficient (Wildman–Crippen LogP) is 3.23. The van der Waals surface area contributed by atoms with Crippen LogP contribution < -0.4 is 0 Å². The van der Waals surface area contributed by atoms with Gasteiger partial charge in [-0.05, 0) is 26.2 Å². The third kappa shape index (κ3) is 11.1. The standard InChI is InChI=1S/C15H32O6S2/c1-5-8-10-12-22(16,17)20-14(4)15(7-3)21-23(18,19)13-11-9-6-2/h14-15H,5-13H2,1-4H3. The summed E-state index contributed by atoms with van der Waals surface area (Å²) in [7, 11) is -7.32. The minimum atomic E-state index is -3.66. The first kappa shape index (κ1) is 22.8. The minimum absolute atomic E-state index is 0.0483. The van der Waals surface area contributed by atoms with Gasteiger partial charge >= 0.3 is 0 Å². The summed E-state index contributed by atoms with van der Waals surface area (Å²) in [5.74, 6) is -0.0990. The molecule has 0 aromatic carbocycles. The van der Waals surface area contributed by atoms with Crippen LogP contribution in [0, 0.1) is 0 Å². The summed E-state index contributed by atoms with van der Waals surface area (Å²) in [6.45, 7) is 7.25. The van der Waals surface area contributed by atoms with Gasteiger partial charge in [-0.1, -0.05) is 46.5 Å².